The second-order valence-electron chi connectivity index (χ2n) is 4.05. The van der Waals surface area contributed by atoms with Crippen LogP contribution in [0.4, 0.5) is 4.39 Å². The third-order valence-electron chi connectivity index (χ3n) is 2.75. The summed E-state index contributed by atoms with van der Waals surface area (Å²) in [6.45, 7) is 3.39. The van der Waals surface area contributed by atoms with E-state index in [0.717, 1.165) is 0 Å². The van der Waals surface area contributed by atoms with Crippen molar-refractivity contribution in [1.82, 2.24) is 0 Å². The van der Waals surface area contributed by atoms with Gasteiger partial charge in [-0.05, 0) is 32.0 Å². The number of esters is 1. The zero-order valence-corrected chi connectivity index (χ0v) is 11.5. The number of ether oxygens (including phenoxy) is 1. The summed E-state index contributed by atoms with van der Waals surface area (Å²) in [6.07, 6.45) is 0. The number of allylic oxidation sites excluding steroid dienone is 2. The van der Waals surface area contributed by atoms with Crippen molar-refractivity contribution in [2.75, 3.05) is 14.2 Å². The number of halogens is 1. The van der Waals surface area contributed by atoms with Crippen LogP contribution in [-0.4, -0.2) is 25.8 Å². The van der Waals surface area contributed by atoms with Crippen molar-refractivity contribution in [3.63, 3.8) is 0 Å². The lowest BCUT2D eigenvalue weighted by molar-refractivity contribution is 0.0600. The van der Waals surface area contributed by atoms with Crippen LogP contribution in [0, 0.1) is 5.82 Å². The minimum Gasteiger partial charge on any atom is -0.465 e. The predicted molar refractivity (Wildman–Crippen MR) is 73.6 cm³/mol. The molecule has 4 nitrogen and oxygen atoms in total. The summed E-state index contributed by atoms with van der Waals surface area (Å²) in [5, 5.41) is 0. The van der Waals surface area contributed by atoms with Gasteiger partial charge < -0.3 is 10.5 Å². The van der Waals surface area contributed by atoms with Crippen LogP contribution in [0.5, 0.6) is 0 Å². The lowest BCUT2D eigenvalue weighted by atomic mass is 9.97. The van der Waals surface area contributed by atoms with Gasteiger partial charge in [-0.15, -0.1) is 0 Å². The van der Waals surface area contributed by atoms with Gasteiger partial charge in [-0.3, -0.25) is 4.99 Å². The molecule has 0 saturated heterocycles. The molecule has 0 aliphatic carbocycles. The standard InChI is InChI=1S/C14H17FN2O2/c1-8(16)13(9(2)17-3)11-7-10(14(18)19-4)5-6-12(11)15/h5-7H,16H2,1-4H3/b13-8+,17-9?. The fourth-order valence-electron chi connectivity index (χ4n) is 1.77. The van der Waals surface area contributed by atoms with E-state index in [0.29, 0.717) is 17.0 Å². The molecule has 19 heavy (non-hydrogen) atoms. The van der Waals surface area contributed by atoms with E-state index in [1.807, 2.05) is 0 Å². The predicted octanol–water partition coefficient (Wildman–Crippen LogP) is 2.39. The van der Waals surface area contributed by atoms with Crippen LogP contribution in [0.1, 0.15) is 29.8 Å². The monoisotopic (exact) mass is 264 g/mol. The molecule has 1 rings (SSSR count). The van der Waals surface area contributed by atoms with E-state index in [1.165, 1.54) is 25.3 Å². The van der Waals surface area contributed by atoms with Crippen LogP contribution >= 0.6 is 0 Å². The van der Waals surface area contributed by atoms with E-state index >= 15 is 0 Å². The Kier molecular flexibility index (Phi) is 4.80. The summed E-state index contributed by atoms with van der Waals surface area (Å²) in [5.74, 6) is -0.989. The van der Waals surface area contributed by atoms with E-state index in [2.05, 4.69) is 9.73 Å². The highest BCUT2D eigenvalue weighted by Crippen LogP contribution is 2.23. The van der Waals surface area contributed by atoms with Crippen molar-refractivity contribution >= 4 is 17.3 Å². The number of rotatable bonds is 3. The van der Waals surface area contributed by atoms with Crippen molar-refractivity contribution in [2.24, 2.45) is 10.7 Å². The molecule has 0 aromatic heterocycles. The highest BCUT2D eigenvalue weighted by atomic mass is 19.1. The van der Waals surface area contributed by atoms with Crippen molar-refractivity contribution in [1.29, 1.82) is 0 Å². The maximum atomic E-state index is 13.9. The van der Waals surface area contributed by atoms with Crippen molar-refractivity contribution in [2.45, 2.75) is 13.8 Å². The molecule has 0 aliphatic rings. The summed E-state index contributed by atoms with van der Waals surface area (Å²) in [7, 11) is 2.87. The van der Waals surface area contributed by atoms with Crippen LogP contribution in [0.3, 0.4) is 0 Å². The average Bonchev–Trinajstić information content (AvgIpc) is 2.39. The third kappa shape index (κ3) is 3.19. The fourth-order valence-corrected chi connectivity index (χ4v) is 1.77. The van der Waals surface area contributed by atoms with Gasteiger partial charge >= 0.3 is 5.97 Å². The summed E-state index contributed by atoms with van der Waals surface area (Å²) >= 11 is 0. The molecule has 0 bridgehead atoms. The molecule has 0 atom stereocenters. The van der Waals surface area contributed by atoms with E-state index in [4.69, 9.17) is 5.73 Å². The van der Waals surface area contributed by atoms with Crippen molar-refractivity contribution < 1.29 is 13.9 Å². The molecule has 0 amide bonds. The van der Waals surface area contributed by atoms with Gasteiger partial charge in [0.15, 0.2) is 0 Å². The first-order valence-corrected chi connectivity index (χ1v) is 5.70. The van der Waals surface area contributed by atoms with Crippen LogP contribution in [-0.2, 0) is 4.74 Å². The average molecular weight is 264 g/mol. The Balaban J connectivity index is 3.48. The number of nitrogens with zero attached hydrogens (tertiary/aromatic N) is 1. The molecule has 0 aliphatic heterocycles. The lowest BCUT2D eigenvalue weighted by Crippen LogP contribution is -2.09. The van der Waals surface area contributed by atoms with Gasteiger partial charge in [0.2, 0.25) is 0 Å². The minimum atomic E-state index is -0.527. The Hall–Kier alpha value is -2.17. The van der Waals surface area contributed by atoms with E-state index in [9.17, 15) is 9.18 Å². The molecule has 0 spiro atoms. The van der Waals surface area contributed by atoms with Gasteiger partial charge in [-0.25, -0.2) is 9.18 Å². The molecule has 0 heterocycles. The molecule has 1 aromatic carbocycles. The van der Waals surface area contributed by atoms with E-state index < -0.39 is 11.8 Å². The summed E-state index contributed by atoms with van der Waals surface area (Å²) in [5.41, 5.74) is 7.82. The van der Waals surface area contributed by atoms with Gasteiger partial charge in [0, 0.05) is 29.6 Å². The molecule has 1 aromatic rings. The Morgan fingerprint density at radius 3 is 2.47 bits per heavy atom. The fraction of sp³-hybridized carbons (Fsp3) is 0.286. The Morgan fingerprint density at radius 1 is 1.37 bits per heavy atom. The number of carbonyl (C=O) groups is 1. The zero-order chi connectivity index (χ0) is 14.6. The smallest absolute Gasteiger partial charge is 0.337 e. The maximum Gasteiger partial charge on any atom is 0.337 e. The van der Waals surface area contributed by atoms with Gasteiger partial charge in [0.05, 0.1) is 12.7 Å². The normalized spacial score (nSPS) is 13.0. The topological polar surface area (TPSA) is 64.7 Å². The quantitative estimate of drug-likeness (QED) is 0.673. The molecule has 2 N–H and O–H groups in total. The molecule has 0 radical (unpaired) electrons. The number of hydrogen-bond acceptors (Lipinski definition) is 4. The highest BCUT2D eigenvalue weighted by molar-refractivity contribution is 6.23. The number of nitrogens with two attached hydrogens (primary N) is 1. The zero-order valence-electron chi connectivity index (χ0n) is 11.5. The molecule has 0 fully saturated rings. The molecule has 0 saturated carbocycles. The Bertz CT molecular complexity index is 559. The molecular formula is C14H17FN2O2. The summed E-state index contributed by atoms with van der Waals surface area (Å²) in [4.78, 5) is 15.5. The number of hydrogen-bond donors (Lipinski definition) is 1. The molecular weight excluding hydrogens is 247 g/mol. The van der Waals surface area contributed by atoms with Crippen LogP contribution in [0.15, 0.2) is 28.9 Å². The third-order valence-corrected chi connectivity index (χ3v) is 2.75. The maximum absolute atomic E-state index is 13.9. The second-order valence-corrected chi connectivity index (χ2v) is 4.05. The highest BCUT2D eigenvalue weighted by Gasteiger charge is 2.16. The first kappa shape index (κ1) is 14.9. The Labute approximate surface area is 111 Å². The first-order valence-electron chi connectivity index (χ1n) is 5.70. The Morgan fingerprint density at radius 2 is 2.00 bits per heavy atom. The minimum absolute atomic E-state index is 0.242. The van der Waals surface area contributed by atoms with Crippen molar-refractivity contribution in [3.05, 3.63) is 40.8 Å². The largest absolute Gasteiger partial charge is 0.465 e. The lowest BCUT2D eigenvalue weighted by Gasteiger charge is -2.12. The van der Waals surface area contributed by atoms with Gasteiger partial charge in [-0.2, -0.15) is 0 Å². The summed E-state index contributed by atoms with van der Waals surface area (Å²) < 4.78 is 18.6. The number of aliphatic imine (C=N–C) groups is 1. The van der Waals surface area contributed by atoms with E-state index in [1.54, 1.807) is 20.9 Å². The van der Waals surface area contributed by atoms with Gasteiger partial charge in [0.25, 0.3) is 0 Å². The molecule has 5 heteroatoms. The SMILES string of the molecule is CN=C(C)/C(=C(/C)N)c1cc(C(=O)OC)ccc1F. The number of methoxy groups -OCH3 is 1. The first-order chi connectivity index (χ1) is 8.92. The number of benzene rings is 1. The molecule has 102 valence electrons. The van der Waals surface area contributed by atoms with Crippen LogP contribution < -0.4 is 5.73 Å². The van der Waals surface area contributed by atoms with Crippen molar-refractivity contribution in [3.8, 4) is 0 Å². The van der Waals surface area contributed by atoms with E-state index in [-0.39, 0.29) is 11.1 Å². The summed E-state index contributed by atoms with van der Waals surface area (Å²) in [6, 6.07) is 4.00. The molecule has 0 unspecified atom stereocenters. The second kappa shape index (κ2) is 6.13. The van der Waals surface area contributed by atoms with Crippen LogP contribution in [0.25, 0.3) is 5.57 Å². The van der Waals surface area contributed by atoms with Gasteiger partial charge in [0.1, 0.15) is 5.82 Å². The number of carbonyl (C=O) groups excluding carboxylic acids is 1. The van der Waals surface area contributed by atoms with Gasteiger partial charge in [-0.1, -0.05) is 0 Å². The van der Waals surface area contributed by atoms with Crippen LogP contribution in [0.2, 0.25) is 0 Å².